The molecule has 0 amide bonds. The summed E-state index contributed by atoms with van der Waals surface area (Å²) in [5.41, 5.74) is 0.934. The van der Waals surface area contributed by atoms with Crippen LogP contribution in [0, 0.1) is 5.92 Å². The Morgan fingerprint density at radius 2 is 1.65 bits per heavy atom. The first-order chi connectivity index (χ1) is 12.1. The average molecular weight is 404 g/mol. The molecule has 148 valence electrons. The van der Waals surface area contributed by atoms with E-state index < -0.39 is 25.1 Å². The lowest BCUT2D eigenvalue weighted by atomic mass is 10.2. The van der Waals surface area contributed by atoms with E-state index in [1.165, 1.54) is 4.31 Å². The number of methoxy groups -OCH3 is 1. The van der Waals surface area contributed by atoms with Crippen molar-refractivity contribution in [2.24, 2.45) is 5.92 Å². The topological polar surface area (TPSA) is 80.8 Å². The van der Waals surface area contributed by atoms with Crippen LogP contribution < -0.4 is 4.74 Å². The number of sulfone groups is 1. The van der Waals surface area contributed by atoms with Crippen molar-refractivity contribution >= 4 is 19.9 Å². The third-order valence-corrected chi connectivity index (χ3v) is 9.17. The molecule has 1 heterocycles. The number of hydrogen-bond donors (Lipinski definition) is 0. The van der Waals surface area contributed by atoms with E-state index in [4.69, 9.17) is 4.74 Å². The zero-order chi connectivity index (χ0) is 19.4. The van der Waals surface area contributed by atoms with Crippen LogP contribution in [0.2, 0.25) is 0 Å². The van der Waals surface area contributed by atoms with E-state index >= 15 is 0 Å². The molecule has 0 N–H and O–H groups in total. The van der Waals surface area contributed by atoms with Crippen LogP contribution in [-0.2, 0) is 26.3 Å². The fraction of sp³-hybridized carbons (Fsp3) is 0.667. The molecule has 0 radical (unpaired) electrons. The van der Waals surface area contributed by atoms with Gasteiger partial charge in [-0.1, -0.05) is 26.0 Å². The van der Waals surface area contributed by atoms with Gasteiger partial charge in [0.2, 0.25) is 10.0 Å². The molecule has 0 atom stereocenters. The Bertz CT molecular complexity index is 777. The van der Waals surface area contributed by atoms with Gasteiger partial charge >= 0.3 is 0 Å². The first-order valence-electron chi connectivity index (χ1n) is 8.96. The van der Waals surface area contributed by atoms with Crippen LogP contribution in [0.25, 0.3) is 0 Å². The number of aryl methyl sites for hydroxylation is 1. The smallest absolute Gasteiger partial charge is 0.214 e. The summed E-state index contributed by atoms with van der Waals surface area (Å²) >= 11 is 0. The van der Waals surface area contributed by atoms with Crippen LogP contribution in [0.4, 0.5) is 0 Å². The number of sulfonamides is 1. The summed E-state index contributed by atoms with van der Waals surface area (Å²) in [5, 5.41) is -0.419. The normalized spacial score (nSPS) is 17.5. The van der Waals surface area contributed by atoms with Gasteiger partial charge in [-0.2, -0.15) is 0 Å². The monoisotopic (exact) mass is 403 g/mol. The first-order valence-corrected chi connectivity index (χ1v) is 12.3. The molecule has 0 spiro atoms. The number of nitrogens with zero attached hydrogens (tertiary/aromatic N) is 1. The second-order valence-corrected chi connectivity index (χ2v) is 11.7. The van der Waals surface area contributed by atoms with Crippen molar-refractivity contribution < 1.29 is 21.6 Å². The molecule has 1 aliphatic rings. The largest absolute Gasteiger partial charge is 0.497 e. The van der Waals surface area contributed by atoms with Crippen molar-refractivity contribution in [2.45, 2.75) is 38.4 Å². The number of benzene rings is 1. The van der Waals surface area contributed by atoms with Gasteiger partial charge in [0.15, 0.2) is 9.84 Å². The molecule has 1 fully saturated rings. The fourth-order valence-electron chi connectivity index (χ4n) is 3.24. The molecular weight excluding hydrogens is 374 g/mol. The van der Waals surface area contributed by atoms with Gasteiger partial charge in [-0.15, -0.1) is 0 Å². The minimum atomic E-state index is -3.38. The molecule has 0 bridgehead atoms. The van der Waals surface area contributed by atoms with Crippen LogP contribution in [0.1, 0.15) is 32.3 Å². The van der Waals surface area contributed by atoms with E-state index in [1.807, 2.05) is 38.1 Å². The van der Waals surface area contributed by atoms with Crippen molar-refractivity contribution in [3.05, 3.63) is 29.8 Å². The Morgan fingerprint density at radius 1 is 1.08 bits per heavy atom. The fourth-order valence-corrected chi connectivity index (χ4v) is 6.89. The van der Waals surface area contributed by atoms with E-state index in [2.05, 4.69) is 0 Å². The molecule has 2 rings (SSSR count). The second-order valence-electron chi connectivity index (χ2n) is 7.24. The molecule has 1 saturated heterocycles. The summed E-state index contributed by atoms with van der Waals surface area (Å²) in [7, 11) is -4.94. The molecule has 6 nitrogen and oxygen atoms in total. The average Bonchev–Trinajstić information content (AvgIpc) is 2.59. The van der Waals surface area contributed by atoms with Gasteiger partial charge in [0.05, 0.1) is 23.9 Å². The summed E-state index contributed by atoms with van der Waals surface area (Å²) in [5.74, 6) is 1.03. The third-order valence-electron chi connectivity index (χ3n) is 4.68. The molecule has 0 saturated carbocycles. The van der Waals surface area contributed by atoms with Gasteiger partial charge < -0.3 is 4.74 Å². The van der Waals surface area contributed by atoms with Gasteiger partial charge in [-0.3, -0.25) is 0 Å². The SMILES string of the molecule is COc1ccc(CCS(=O)(=O)N2CCC(S(=O)(=O)CC(C)C)CC2)cc1. The molecule has 0 aromatic heterocycles. The zero-order valence-corrected chi connectivity index (χ0v) is 17.4. The maximum absolute atomic E-state index is 12.6. The van der Waals surface area contributed by atoms with Gasteiger partial charge in [-0.25, -0.2) is 21.1 Å². The van der Waals surface area contributed by atoms with Crippen LogP contribution in [0.15, 0.2) is 24.3 Å². The lowest BCUT2D eigenvalue weighted by molar-refractivity contribution is 0.345. The maximum Gasteiger partial charge on any atom is 0.214 e. The Kier molecular flexibility index (Phi) is 7.10. The minimum absolute atomic E-state index is 0.0305. The number of piperidine rings is 1. The molecule has 0 unspecified atom stereocenters. The maximum atomic E-state index is 12.6. The van der Waals surface area contributed by atoms with Crippen molar-refractivity contribution in [1.82, 2.24) is 4.31 Å². The summed E-state index contributed by atoms with van der Waals surface area (Å²) in [4.78, 5) is 0. The number of ether oxygens (including phenoxy) is 1. The third kappa shape index (κ3) is 5.69. The molecule has 0 aliphatic carbocycles. The molecule has 1 aliphatic heterocycles. The minimum Gasteiger partial charge on any atom is -0.497 e. The first kappa shape index (κ1) is 21.2. The van der Waals surface area contributed by atoms with Crippen LogP contribution in [-0.4, -0.2) is 58.1 Å². The molecule has 1 aromatic rings. The highest BCUT2D eigenvalue weighted by atomic mass is 32.2. The lowest BCUT2D eigenvalue weighted by Crippen LogP contribution is -2.44. The van der Waals surface area contributed by atoms with Crippen molar-refractivity contribution in [3.8, 4) is 5.75 Å². The molecular formula is C18H29NO5S2. The standard InChI is InChI=1S/C18H29NO5S2/c1-15(2)14-25(20,21)18-8-11-19(12-9-18)26(22,23)13-10-16-4-6-17(24-3)7-5-16/h4-7,15,18H,8-14H2,1-3H3. The lowest BCUT2D eigenvalue weighted by Gasteiger charge is -2.31. The van der Waals surface area contributed by atoms with E-state index in [0.29, 0.717) is 19.3 Å². The van der Waals surface area contributed by atoms with Crippen molar-refractivity contribution in [2.75, 3.05) is 31.7 Å². The van der Waals surface area contributed by atoms with Crippen LogP contribution in [0.3, 0.4) is 0 Å². The van der Waals surface area contributed by atoms with Gasteiger partial charge in [0.1, 0.15) is 5.75 Å². The van der Waals surface area contributed by atoms with E-state index in [-0.39, 0.29) is 30.5 Å². The second kappa shape index (κ2) is 8.71. The Hall–Kier alpha value is -1.12. The van der Waals surface area contributed by atoms with Crippen molar-refractivity contribution in [1.29, 1.82) is 0 Å². The van der Waals surface area contributed by atoms with E-state index in [0.717, 1.165) is 11.3 Å². The summed E-state index contributed by atoms with van der Waals surface area (Å²) < 4.78 is 56.3. The van der Waals surface area contributed by atoms with Gasteiger partial charge in [0, 0.05) is 13.1 Å². The highest BCUT2D eigenvalue weighted by Crippen LogP contribution is 2.23. The van der Waals surface area contributed by atoms with Crippen LogP contribution in [0.5, 0.6) is 5.75 Å². The van der Waals surface area contributed by atoms with Gasteiger partial charge in [-0.05, 0) is 42.9 Å². The summed E-state index contributed by atoms with van der Waals surface area (Å²) in [6.07, 6.45) is 1.20. The van der Waals surface area contributed by atoms with Crippen molar-refractivity contribution in [3.63, 3.8) is 0 Å². The number of hydrogen-bond acceptors (Lipinski definition) is 5. The number of rotatable bonds is 8. The summed E-state index contributed by atoms with van der Waals surface area (Å²) in [6.45, 7) is 4.34. The zero-order valence-electron chi connectivity index (χ0n) is 15.7. The summed E-state index contributed by atoms with van der Waals surface area (Å²) in [6, 6.07) is 7.35. The van der Waals surface area contributed by atoms with Crippen LogP contribution >= 0.6 is 0 Å². The van der Waals surface area contributed by atoms with E-state index in [1.54, 1.807) is 7.11 Å². The molecule has 26 heavy (non-hydrogen) atoms. The predicted octanol–water partition coefficient (Wildman–Crippen LogP) is 2.10. The quantitative estimate of drug-likeness (QED) is 0.664. The Morgan fingerprint density at radius 3 is 2.15 bits per heavy atom. The predicted molar refractivity (Wildman–Crippen MR) is 104 cm³/mol. The Labute approximate surface area is 157 Å². The van der Waals surface area contributed by atoms with Gasteiger partial charge in [0.25, 0.3) is 0 Å². The van der Waals surface area contributed by atoms with E-state index in [9.17, 15) is 16.8 Å². The molecule has 8 heteroatoms. The Balaban J connectivity index is 1.90. The highest BCUT2D eigenvalue weighted by molar-refractivity contribution is 7.92. The highest BCUT2D eigenvalue weighted by Gasteiger charge is 2.34. The molecule has 1 aromatic carbocycles.